The molecule has 0 spiro atoms. The van der Waals surface area contributed by atoms with E-state index in [1.165, 1.54) is 77.0 Å². The van der Waals surface area contributed by atoms with Gasteiger partial charge < -0.3 is 0 Å². The Bertz CT molecular complexity index is 382. The summed E-state index contributed by atoms with van der Waals surface area (Å²) in [6.45, 7) is 12.7. The van der Waals surface area contributed by atoms with Crippen LogP contribution >= 0.6 is 7.82 Å². The zero-order valence-electron chi connectivity index (χ0n) is 22.5. The molecule has 0 radical (unpaired) electrons. The third kappa shape index (κ3) is 19.6. The van der Waals surface area contributed by atoms with Crippen LogP contribution in [0.3, 0.4) is 0 Å². The van der Waals surface area contributed by atoms with Crippen LogP contribution in [-0.4, -0.2) is 18.3 Å². The fourth-order valence-corrected chi connectivity index (χ4v) is 5.79. The Labute approximate surface area is 201 Å². The standard InChI is InChI=1S/C27H57O4P/c1-7-10-13-16-19-22-25(4)29-32(28,30-26(5)23-20-17-14-11-8-2)31-27(6)24-21-18-15-12-9-3/h25-27H,7-24H2,1-6H3. The minimum atomic E-state index is -3.57. The highest BCUT2D eigenvalue weighted by atomic mass is 31.2. The number of phosphoric ester groups is 1. The maximum atomic E-state index is 13.6. The Morgan fingerprint density at radius 3 is 0.969 bits per heavy atom. The van der Waals surface area contributed by atoms with E-state index < -0.39 is 7.82 Å². The Morgan fingerprint density at radius 2 is 0.719 bits per heavy atom. The SMILES string of the molecule is CCCCCCCC(C)OP(=O)(OC(C)CCCCCCC)OC(C)CCCCCCC. The summed E-state index contributed by atoms with van der Waals surface area (Å²) >= 11 is 0. The highest BCUT2D eigenvalue weighted by molar-refractivity contribution is 7.48. The van der Waals surface area contributed by atoms with E-state index in [0.29, 0.717) is 0 Å². The molecule has 4 nitrogen and oxygen atoms in total. The molecule has 0 saturated carbocycles. The summed E-state index contributed by atoms with van der Waals surface area (Å²) in [5.41, 5.74) is 0. The second kappa shape index (κ2) is 21.6. The van der Waals surface area contributed by atoms with Gasteiger partial charge in [-0.2, -0.15) is 0 Å². The zero-order valence-corrected chi connectivity index (χ0v) is 23.4. The molecule has 0 rings (SSSR count). The van der Waals surface area contributed by atoms with E-state index in [1.807, 2.05) is 20.8 Å². The van der Waals surface area contributed by atoms with Crippen molar-refractivity contribution >= 4 is 7.82 Å². The van der Waals surface area contributed by atoms with Gasteiger partial charge in [0.25, 0.3) is 0 Å². The van der Waals surface area contributed by atoms with Crippen LogP contribution < -0.4 is 0 Å². The van der Waals surface area contributed by atoms with Gasteiger partial charge in [0, 0.05) is 0 Å². The third-order valence-corrected chi connectivity index (χ3v) is 7.92. The lowest BCUT2D eigenvalue weighted by Crippen LogP contribution is -2.17. The average Bonchev–Trinajstić information content (AvgIpc) is 2.72. The Hall–Kier alpha value is 0.110. The highest BCUT2D eigenvalue weighted by Gasteiger charge is 2.33. The highest BCUT2D eigenvalue weighted by Crippen LogP contribution is 2.54. The summed E-state index contributed by atoms with van der Waals surface area (Å²) in [6.07, 6.45) is 20.6. The van der Waals surface area contributed by atoms with Gasteiger partial charge in [0.15, 0.2) is 0 Å². The van der Waals surface area contributed by atoms with Crippen molar-refractivity contribution in [1.82, 2.24) is 0 Å². The largest absolute Gasteiger partial charge is 0.475 e. The molecular formula is C27H57O4P. The maximum absolute atomic E-state index is 13.6. The molecule has 0 fully saturated rings. The van der Waals surface area contributed by atoms with Crippen LogP contribution in [0.5, 0.6) is 0 Å². The number of hydrogen-bond acceptors (Lipinski definition) is 4. The van der Waals surface area contributed by atoms with Gasteiger partial charge in [-0.25, -0.2) is 4.57 Å². The van der Waals surface area contributed by atoms with E-state index in [9.17, 15) is 4.57 Å². The molecule has 32 heavy (non-hydrogen) atoms. The van der Waals surface area contributed by atoms with Crippen LogP contribution in [0.25, 0.3) is 0 Å². The molecule has 3 atom stereocenters. The lowest BCUT2D eigenvalue weighted by atomic mass is 10.1. The van der Waals surface area contributed by atoms with Crippen LogP contribution in [0.2, 0.25) is 0 Å². The minimum Gasteiger partial charge on any atom is -0.284 e. The van der Waals surface area contributed by atoms with Crippen molar-refractivity contribution in [1.29, 1.82) is 0 Å². The van der Waals surface area contributed by atoms with E-state index in [-0.39, 0.29) is 18.3 Å². The van der Waals surface area contributed by atoms with Crippen molar-refractivity contribution < 1.29 is 18.1 Å². The van der Waals surface area contributed by atoms with Crippen molar-refractivity contribution in [2.75, 3.05) is 0 Å². The van der Waals surface area contributed by atoms with Crippen LogP contribution in [-0.2, 0) is 18.1 Å². The molecular weight excluding hydrogens is 419 g/mol. The molecule has 0 bridgehead atoms. The van der Waals surface area contributed by atoms with E-state index >= 15 is 0 Å². The van der Waals surface area contributed by atoms with Crippen molar-refractivity contribution in [3.05, 3.63) is 0 Å². The quantitative estimate of drug-likeness (QED) is 0.103. The van der Waals surface area contributed by atoms with Gasteiger partial charge in [0.2, 0.25) is 0 Å². The first-order valence-electron chi connectivity index (χ1n) is 14.0. The Balaban J connectivity index is 4.64. The first-order chi connectivity index (χ1) is 15.4. The smallest absolute Gasteiger partial charge is 0.284 e. The predicted molar refractivity (Wildman–Crippen MR) is 139 cm³/mol. The molecule has 0 N–H and O–H groups in total. The number of hydrogen-bond donors (Lipinski definition) is 0. The van der Waals surface area contributed by atoms with Crippen LogP contribution in [0.4, 0.5) is 0 Å². The van der Waals surface area contributed by atoms with Gasteiger partial charge in [0.1, 0.15) is 0 Å². The third-order valence-electron chi connectivity index (χ3n) is 6.07. The van der Waals surface area contributed by atoms with Crippen LogP contribution in [0, 0.1) is 0 Å². The van der Waals surface area contributed by atoms with Gasteiger partial charge in [-0.05, 0) is 40.0 Å². The fraction of sp³-hybridized carbons (Fsp3) is 1.00. The molecule has 0 aromatic heterocycles. The molecule has 5 heteroatoms. The monoisotopic (exact) mass is 476 g/mol. The second-order valence-electron chi connectivity index (χ2n) is 9.80. The number of phosphoric acid groups is 1. The topological polar surface area (TPSA) is 44.8 Å². The van der Waals surface area contributed by atoms with Crippen molar-refractivity contribution in [2.45, 2.75) is 175 Å². The van der Waals surface area contributed by atoms with Crippen molar-refractivity contribution in [3.63, 3.8) is 0 Å². The van der Waals surface area contributed by atoms with Gasteiger partial charge in [-0.15, -0.1) is 0 Å². The number of unbranched alkanes of at least 4 members (excludes halogenated alkanes) is 12. The van der Waals surface area contributed by atoms with Crippen LogP contribution in [0.15, 0.2) is 0 Å². The molecule has 0 heterocycles. The molecule has 0 aromatic rings. The van der Waals surface area contributed by atoms with E-state index in [2.05, 4.69) is 20.8 Å². The molecule has 0 aromatic carbocycles. The Morgan fingerprint density at radius 1 is 0.469 bits per heavy atom. The summed E-state index contributed by atoms with van der Waals surface area (Å²) in [4.78, 5) is 0. The van der Waals surface area contributed by atoms with Crippen molar-refractivity contribution in [2.24, 2.45) is 0 Å². The molecule has 3 unspecified atom stereocenters. The van der Waals surface area contributed by atoms with E-state index in [0.717, 1.165) is 38.5 Å². The van der Waals surface area contributed by atoms with Crippen molar-refractivity contribution in [3.8, 4) is 0 Å². The Kier molecular flexibility index (Phi) is 21.7. The molecule has 0 amide bonds. The molecule has 0 aliphatic heterocycles. The first-order valence-corrected chi connectivity index (χ1v) is 15.5. The van der Waals surface area contributed by atoms with Gasteiger partial charge in [-0.3, -0.25) is 13.6 Å². The van der Waals surface area contributed by atoms with E-state index in [1.54, 1.807) is 0 Å². The lowest BCUT2D eigenvalue weighted by molar-refractivity contribution is 0.0358. The second-order valence-corrected chi connectivity index (χ2v) is 11.3. The molecule has 194 valence electrons. The first kappa shape index (κ1) is 32.1. The maximum Gasteiger partial charge on any atom is 0.475 e. The van der Waals surface area contributed by atoms with Gasteiger partial charge in [-0.1, -0.05) is 117 Å². The summed E-state index contributed by atoms with van der Waals surface area (Å²) in [5, 5.41) is 0. The van der Waals surface area contributed by atoms with E-state index in [4.69, 9.17) is 13.6 Å². The predicted octanol–water partition coefficient (Wildman–Crippen LogP) is 10.4. The summed E-state index contributed by atoms with van der Waals surface area (Å²) in [5.74, 6) is 0. The van der Waals surface area contributed by atoms with Gasteiger partial charge in [0.05, 0.1) is 18.3 Å². The summed E-state index contributed by atoms with van der Waals surface area (Å²) in [6, 6.07) is 0. The molecule has 0 aliphatic rings. The average molecular weight is 477 g/mol. The molecule has 0 saturated heterocycles. The fourth-order valence-electron chi connectivity index (χ4n) is 4.00. The van der Waals surface area contributed by atoms with Gasteiger partial charge >= 0.3 is 7.82 Å². The molecule has 0 aliphatic carbocycles. The lowest BCUT2D eigenvalue weighted by Gasteiger charge is -2.27. The normalized spacial score (nSPS) is 16.6. The van der Waals surface area contributed by atoms with Crippen LogP contribution in [0.1, 0.15) is 157 Å². The summed E-state index contributed by atoms with van der Waals surface area (Å²) in [7, 11) is -3.57. The number of rotatable bonds is 24. The minimum absolute atomic E-state index is 0.115. The summed E-state index contributed by atoms with van der Waals surface area (Å²) < 4.78 is 31.5. The zero-order chi connectivity index (χ0) is 24.1.